The number of halogens is 1. The number of amides is 1. The number of nitrogens with one attached hydrogen (secondary N) is 1. The molecule has 32 heavy (non-hydrogen) atoms. The Bertz CT molecular complexity index is 1010. The zero-order valence-electron chi connectivity index (χ0n) is 18.9. The second-order valence-electron chi connectivity index (χ2n) is 10.2. The van der Waals surface area contributed by atoms with Crippen molar-refractivity contribution in [2.24, 2.45) is 28.7 Å². The van der Waals surface area contributed by atoms with E-state index in [2.05, 4.69) is 60.6 Å². The molecule has 2 aromatic carbocycles. The molecule has 0 radical (unpaired) electrons. The lowest BCUT2D eigenvalue weighted by Crippen LogP contribution is -2.66. The van der Waals surface area contributed by atoms with Crippen LogP contribution in [0.3, 0.4) is 0 Å². The summed E-state index contributed by atoms with van der Waals surface area (Å²) in [7, 11) is 0. The monoisotopic (exact) mass is 449 g/mol. The smallest absolute Gasteiger partial charge is 0.250 e. The van der Waals surface area contributed by atoms with Crippen LogP contribution in [-0.2, 0) is 17.8 Å². The predicted octanol–water partition coefficient (Wildman–Crippen LogP) is 4.61. The molecule has 2 aromatic rings. The van der Waals surface area contributed by atoms with Crippen molar-refractivity contribution in [3.05, 3.63) is 70.7 Å². The molecule has 5 heteroatoms. The molecule has 2 fully saturated rings. The summed E-state index contributed by atoms with van der Waals surface area (Å²) in [6.07, 6.45) is 4.15. The van der Waals surface area contributed by atoms with Crippen molar-refractivity contribution in [3.63, 3.8) is 0 Å². The SMILES string of the molecule is CC(C)CN1CC2CC3C=NC2(C(=O)NCc2cccc(Cl)c2)C1C3Cc1ccccc1. The molecular weight excluding hydrogens is 418 g/mol. The fourth-order valence-electron chi connectivity index (χ4n) is 6.37. The summed E-state index contributed by atoms with van der Waals surface area (Å²) in [6.45, 7) is 6.99. The van der Waals surface area contributed by atoms with Gasteiger partial charge in [-0.1, -0.05) is 67.9 Å². The molecule has 3 heterocycles. The Morgan fingerprint density at radius 3 is 2.72 bits per heavy atom. The number of rotatable bonds is 7. The Labute approximate surface area is 196 Å². The number of carbonyl (C=O) groups is 1. The van der Waals surface area contributed by atoms with E-state index in [4.69, 9.17) is 16.6 Å². The summed E-state index contributed by atoms with van der Waals surface area (Å²) in [6, 6.07) is 18.6. The Morgan fingerprint density at radius 1 is 1.19 bits per heavy atom. The average Bonchev–Trinajstić information content (AvgIpc) is 3.03. The number of likely N-dealkylation sites (tertiary alicyclic amines) is 1. The van der Waals surface area contributed by atoms with Crippen molar-refractivity contribution < 1.29 is 4.79 Å². The van der Waals surface area contributed by atoms with Crippen LogP contribution >= 0.6 is 11.6 Å². The van der Waals surface area contributed by atoms with Gasteiger partial charge in [0.1, 0.15) is 0 Å². The van der Waals surface area contributed by atoms with E-state index in [1.54, 1.807) is 0 Å². The van der Waals surface area contributed by atoms with E-state index in [9.17, 15) is 4.79 Å². The Hall–Kier alpha value is -2.17. The second kappa shape index (κ2) is 8.64. The third-order valence-corrected chi connectivity index (χ3v) is 7.77. The first-order valence-corrected chi connectivity index (χ1v) is 12.2. The first-order chi connectivity index (χ1) is 15.5. The summed E-state index contributed by atoms with van der Waals surface area (Å²) < 4.78 is 0. The zero-order chi connectivity index (χ0) is 22.3. The van der Waals surface area contributed by atoms with Crippen LogP contribution < -0.4 is 5.32 Å². The van der Waals surface area contributed by atoms with Gasteiger partial charge in [-0.05, 0) is 53.9 Å². The van der Waals surface area contributed by atoms with Gasteiger partial charge in [0.15, 0.2) is 5.54 Å². The maximum absolute atomic E-state index is 13.8. The lowest BCUT2D eigenvalue weighted by molar-refractivity contribution is -0.132. The van der Waals surface area contributed by atoms with Gasteiger partial charge in [0.2, 0.25) is 5.91 Å². The normalized spacial score (nSPS) is 30.8. The first-order valence-electron chi connectivity index (χ1n) is 11.8. The minimum atomic E-state index is -0.679. The van der Waals surface area contributed by atoms with E-state index in [-0.39, 0.29) is 17.9 Å². The van der Waals surface area contributed by atoms with Crippen molar-refractivity contribution in [2.75, 3.05) is 13.1 Å². The minimum absolute atomic E-state index is 0.0752. The molecule has 168 valence electrons. The molecular formula is C27H32ClN3O. The van der Waals surface area contributed by atoms with Crippen LogP contribution in [0.15, 0.2) is 59.6 Å². The molecule has 1 saturated heterocycles. The minimum Gasteiger partial charge on any atom is -0.350 e. The van der Waals surface area contributed by atoms with Crippen LogP contribution in [0.2, 0.25) is 5.02 Å². The van der Waals surface area contributed by atoms with Gasteiger partial charge < -0.3 is 5.32 Å². The van der Waals surface area contributed by atoms with Crippen molar-refractivity contribution in [3.8, 4) is 0 Å². The fourth-order valence-corrected chi connectivity index (χ4v) is 6.59. The Balaban J connectivity index is 1.44. The number of hydrogen-bond acceptors (Lipinski definition) is 3. The van der Waals surface area contributed by atoms with Gasteiger partial charge in [-0.25, -0.2) is 0 Å². The molecule has 1 aliphatic carbocycles. The lowest BCUT2D eigenvalue weighted by atomic mass is 9.59. The van der Waals surface area contributed by atoms with Gasteiger partial charge in [-0.15, -0.1) is 0 Å². The van der Waals surface area contributed by atoms with Crippen LogP contribution in [0.5, 0.6) is 0 Å². The standard InChI is InChI=1S/C27H32ClN3O/c1-18(2)16-31-17-22-13-21-15-30-27(22,25(31)24(21)12-19-7-4-3-5-8-19)26(32)29-14-20-9-6-10-23(28)11-20/h3-11,15,18,21-22,24-25H,12-14,16-17H2,1-2H3,(H,29,32). The van der Waals surface area contributed by atoms with Gasteiger partial charge in [-0.3, -0.25) is 14.7 Å². The molecule has 1 amide bonds. The lowest BCUT2D eigenvalue weighted by Gasteiger charge is -2.51. The maximum Gasteiger partial charge on any atom is 0.250 e. The average molecular weight is 450 g/mol. The van der Waals surface area contributed by atoms with E-state index in [0.717, 1.165) is 31.5 Å². The van der Waals surface area contributed by atoms with E-state index >= 15 is 0 Å². The van der Waals surface area contributed by atoms with Crippen molar-refractivity contribution in [2.45, 2.75) is 44.8 Å². The van der Waals surface area contributed by atoms with Gasteiger partial charge in [-0.2, -0.15) is 0 Å². The molecule has 0 spiro atoms. The second-order valence-corrected chi connectivity index (χ2v) is 10.6. The van der Waals surface area contributed by atoms with E-state index in [1.165, 1.54) is 5.56 Å². The molecule has 1 N–H and O–H groups in total. The first kappa shape index (κ1) is 21.7. The van der Waals surface area contributed by atoms with Crippen molar-refractivity contribution in [1.29, 1.82) is 0 Å². The van der Waals surface area contributed by atoms with Crippen LogP contribution in [0.25, 0.3) is 0 Å². The number of benzene rings is 2. The van der Waals surface area contributed by atoms with Gasteiger partial charge in [0, 0.05) is 42.8 Å². The third-order valence-electron chi connectivity index (χ3n) is 7.53. The van der Waals surface area contributed by atoms with Crippen molar-refractivity contribution in [1.82, 2.24) is 10.2 Å². The predicted molar refractivity (Wildman–Crippen MR) is 130 cm³/mol. The molecule has 5 atom stereocenters. The van der Waals surface area contributed by atoms with Crippen LogP contribution in [0.4, 0.5) is 0 Å². The van der Waals surface area contributed by atoms with E-state index in [1.807, 2.05) is 24.3 Å². The van der Waals surface area contributed by atoms with Gasteiger partial charge in [0.25, 0.3) is 0 Å². The summed E-state index contributed by atoms with van der Waals surface area (Å²) in [5.74, 6) is 1.77. The highest BCUT2D eigenvalue weighted by atomic mass is 35.5. The fraction of sp³-hybridized carbons (Fsp3) is 0.481. The van der Waals surface area contributed by atoms with Gasteiger partial charge >= 0.3 is 0 Å². The topological polar surface area (TPSA) is 44.7 Å². The number of nitrogens with zero attached hydrogens (tertiary/aromatic N) is 2. The van der Waals surface area contributed by atoms with Crippen LogP contribution in [0.1, 0.15) is 31.4 Å². The molecule has 4 bridgehead atoms. The highest BCUT2D eigenvalue weighted by Crippen LogP contribution is 2.54. The van der Waals surface area contributed by atoms with Crippen molar-refractivity contribution >= 4 is 23.7 Å². The highest BCUT2D eigenvalue weighted by Gasteiger charge is 2.67. The number of aliphatic imine (C=N–C) groups is 1. The molecule has 0 aromatic heterocycles. The maximum atomic E-state index is 13.8. The van der Waals surface area contributed by atoms with Gasteiger partial charge in [0.05, 0.1) is 0 Å². The zero-order valence-corrected chi connectivity index (χ0v) is 19.6. The quantitative estimate of drug-likeness (QED) is 0.670. The molecule has 1 saturated carbocycles. The highest BCUT2D eigenvalue weighted by molar-refractivity contribution is 6.30. The molecule has 3 aliphatic heterocycles. The van der Waals surface area contributed by atoms with Crippen LogP contribution in [-0.4, -0.2) is 41.7 Å². The number of carbonyl (C=O) groups excluding carboxylic acids is 1. The summed E-state index contributed by atoms with van der Waals surface area (Å²) >= 11 is 6.15. The molecule has 5 unspecified atom stereocenters. The largest absolute Gasteiger partial charge is 0.350 e. The summed E-state index contributed by atoms with van der Waals surface area (Å²) in [5, 5.41) is 3.93. The van der Waals surface area contributed by atoms with Crippen LogP contribution in [0, 0.1) is 23.7 Å². The molecule has 4 nitrogen and oxygen atoms in total. The molecule has 6 rings (SSSR count). The summed E-state index contributed by atoms with van der Waals surface area (Å²) in [4.78, 5) is 21.4. The van der Waals surface area contributed by atoms with E-state index < -0.39 is 5.54 Å². The third kappa shape index (κ3) is 3.78. The Morgan fingerprint density at radius 2 is 1.97 bits per heavy atom. The molecule has 4 aliphatic rings. The Kier molecular flexibility index (Phi) is 5.85. The number of hydrogen-bond donors (Lipinski definition) is 1. The summed E-state index contributed by atoms with van der Waals surface area (Å²) in [5.41, 5.74) is 1.69. The van der Waals surface area contributed by atoms with E-state index in [0.29, 0.717) is 29.3 Å².